The SMILES string of the molecule is COC(=O)[C@@H](c1cc(C(F)(F)F)cc(C(F)(F)F)c1)[C@@H]1C[C@H](C)N(C(=O)OC(C)C)c2ccc(F)cc21. The number of benzene rings is 2. The van der Waals surface area contributed by atoms with Crippen LogP contribution in [0.5, 0.6) is 0 Å². The third-order valence-electron chi connectivity index (χ3n) is 6.04. The Hall–Kier alpha value is -3.31. The van der Waals surface area contributed by atoms with Crippen molar-refractivity contribution in [3.05, 3.63) is 64.5 Å². The molecular formula is C25H24F7NO4. The number of amides is 1. The van der Waals surface area contributed by atoms with Crippen LogP contribution in [0.3, 0.4) is 0 Å². The first-order chi connectivity index (χ1) is 17.0. The van der Waals surface area contributed by atoms with Gasteiger partial charge in [-0.3, -0.25) is 9.69 Å². The zero-order valence-corrected chi connectivity index (χ0v) is 20.2. The van der Waals surface area contributed by atoms with Crippen LogP contribution >= 0.6 is 0 Å². The van der Waals surface area contributed by atoms with Crippen LogP contribution in [0.2, 0.25) is 0 Å². The molecule has 3 rings (SSSR count). The van der Waals surface area contributed by atoms with E-state index < -0.39 is 70.9 Å². The van der Waals surface area contributed by atoms with Gasteiger partial charge >= 0.3 is 24.4 Å². The van der Waals surface area contributed by atoms with Crippen molar-refractivity contribution < 1.29 is 49.8 Å². The molecule has 37 heavy (non-hydrogen) atoms. The lowest BCUT2D eigenvalue weighted by molar-refractivity contribution is -0.145. The second-order valence-electron chi connectivity index (χ2n) is 9.04. The molecule has 0 spiro atoms. The monoisotopic (exact) mass is 535 g/mol. The highest BCUT2D eigenvalue weighted by molar-refractivity contribution is 5.91. The number of methoxy groups -OCH3 is 1. The summed E-state index contributed by atoms with van der Waals surface area (Å²) < 4.78 is 106. The van der Waals surface area contributed by atoms with Crippen LogP contribution in [0.15, 0.2) is 36.4 Å². The Labute approximate surface area is 208 Å². The number of ether oxygens (including phenoxy) is 2. The number of alkyl halides is 6. The zero-order chi connectivity index (χ0) is 27.9. The molecule has 0 aromatic heterocycles. The molecule has 0 bridgehead atoms. The molecule has 0 fully saturated rings. The van der Waals surface area contributed by atoms with Gasteiger partial charge in [0.25, 0.3) is 0 Å². The van der Waals surface area contributed by atoms with Gasteiger partial charge in [-0.05, 0) is 74.7 Å². The molecule has 1 aliphatic rings. The lowest BCUT2D eigenvalue weighted by Crippen LogP contribution is -2.45. The number of halogens is 7. The number of carbonyl (C=O) groups is 2. The highest BCUT2D eigenvalue weighted by Crippen LogP contribution is 2.48. The average Bonchev–Trinajstić information content (AvgIpc) is 2.77. The Morgan fingerprint density at radius 3 is 2.03 bits per heavy atom. The van der Waals surface area contributed by atoms with E-state index in [1.54, 1.807) is 20.8 Å². The molecule has 1 aliphatic heterocycles. The molecule has 12 heteroatoms. The van der Waals surface area contributed by atoms with Crippen LogP contribution < -0.4 is 4.90 Å². The second kappa shape index (κ2) is 10.2. The highest BCUT2D eigenvalue weighted by Gasteiger charge is 2.44. The molecule has 5 nitrogen and oxygen atoms in total. The number of esters is 1. The molecular weight excluding hydrogens is 511 g/mol. The summed E-state index contributed by atoms with van der Waals surface area (Å²) >= 11 is 0. The van der Waals surface area contributed by atoms with E-state index in [4.69, 9.17) is 9.47 Å². The first-order valence-electron chi connectivity index (χ1n) is 11.2. The van der Waals surface area contributed by atoms with Gasteiger partial charge in [0, 0.05) is 12.0 Å². The van der Waals surface area contributed by atoms with Gasteiger partial charge < -0.3 is 9.47 Å². The number of rotatable bonds is 4. The summed E-state index contributed by atoms with van der Waals surface area (Å²) in [6, 6.07) is 3.45. The van der Waals surface area contributed by atoms with Crippen LogP contribution in [-0.4, -0.2) is 31.3 Å². The van der Waals surface area contributed by atoms with Crippen LogP contribution in [0.1, 0.15) is 61.3 Å². The highest BCUT2D eigenvalue weighted by atomic mass is 19.4. The van der Waals surface area contributed by atoms with Crippen LogP contribution in [0.4, 0.5) is 41.2 Å². The molecule has 2 aromatic carbocycles. The fourth-order valence-electron chi connectivity index (χ4n) is 4.55. The zero-order valence-electron chi connectivity index (χ0n) is 20.2. The number of anilines is 1. The van der Waals surface area contributed by atoms with Crippen LogP contribution in [-0.2, 0) is 26.6 Å². The predicted molar refractivity (Wildman–Crippen MR) is 119 cm³/mol. The first-order valence-corrected chi connectivity index (χ1v) is 11.2. The van der Waals surface area contributed by atoms with Crippen molar-refractivity contribution in [3.8, 4) is 0 Å². The third-order valence-corrected chi connectivity index (χ3v) is 6.04. The quantitative estimate of drug-likeness (QED) is 0.311. The van der Waals surface area contributed by atoms with Gasteiger partial charge in [-0.15, -0.1) is 0 Å². The number of fused-ring (bicyclic) bond motifs is 1. The van der Waals surface area contributed by atoms with Crippen molar-refractivity contribution >= 4 is 17.7 Å². The Balaban J connectivity index is 2.25. The number of carbonyl (C=O) groups excluding carboxylic acids is 2. The second-order valence-corrected chi connectivity index (χ2v) is 9.04. The normalized spacial score (nSPS) is 18.9. The topological polar surface area (TPSA) is 55.8 Å². The maximum atomic E-state index is 14.3. The van der Waals surface area contributed by atoms with Gasteiger partial charge in [0.2, 0.25) is 0 Å². The van der Waals surface area contributed by atoms with E-state index in [2.05, 4.69) is 0 Å². The molecule has 0 N–H and O–H groups in total. The largest absolute Gasteiger partial charge is 0.469 e. The summed E-state index contributed by atoms with van der Waals surface area (Å²) in [5.74, 6) is -4.68. The lowest BCUT2D eigenvalue weighted by Gasteiger charge is -2.41. The van der Waals surface area contributed by atoms with Crippen molar-refractivity contribution in [2.75, 3.05) is 12.0 Å². The fourth-order valence-corrected chi connectivity index (χ4v) is 4.55. The summed E-state index contributed by atoms with van der Waals surface area (Å²) in [4.78, 5) is 26.9. The minimum absolute atomic E-state index is 0.0418. The van der Waals surface area contributed by atoms with Crippen molar-refractivity contribution in [1.82, 2.24) is 0 Å². The summed E-state index contributed by atoms with van der Waals surface area (Å²) in [7, 11) is 0.943. The molecule has 202 valence electrons. The van der Waals surface area contributed by atoms with Crippen LogP contribution in [0, 0.1) is 5.82 Å². The first kappa shape index (κ1) is 28.3. The Bertz CT molecular complexity index is 1140. The maximum Gasteiger partial charge on any atom is 0.416 e. The standard InChI is InChI=1S/C25H24F7NO4/c1-12(2)37-23(35)33-13(3)7-19(18-11-17(26)5-6-20(18)33)21(22(34)36-4)14-8-15(24(27,28)29)10-16(9-14)25(30,31)32/h5-6,8-13,19,21H,7H2,1-4H3/t13-,19+,21-/m0/s1. The molecule has 0 saturated heterocycles. The van der Waals surface area contributed by atoms with E-state index in [-0.39, 0.29) is 23.7 Å². The average molecular weight is 535 g/mol. The van der Waals surface area contributed by atoms with Gasteiger partial charge in [0.05, 0.1) is 35.9 Å². The smallest absolute Gasteiger partial charge is 0.416 e. The third kappa shape index (κ3) is 5.99. The Kier molecular flexibility index (Phi) is 7.80. The molecule has 0 aliphatic carbocycles. The molecule has 1 amide bonds. The molecule has 0 saturated carbocycles. The van der Waals surface area contributed by atoms with E-state index in [1.807, 2.05) is 0 Å². The molecule has 2 aromatic rings. The minimum Gasteiger partial charge on any atom is -0.469 e. The lowest BCUT2D eigenvalue weighted by atomic mass is 9.74. The van der Waals surface area contributed by atoms with Crippen molar-refractivity contribution in [3.63, 3.8) is 0 Å². The molecule has 0 radical (unpaired) electrons. The molecule has 3 atom stereocenters. The maximum absolute atomic E-state index is 14.3. The Morgan fingerprint density at radius 2 is 1.54 bits per heavy atom. The van der Waals surface area contributed by atoms with Gasteiger partial charge in [0.1, 0.15) is 5.82 Å². The molecule has 0 unspecified atom stereocenters. The van der Waals surface area contributed by atoms with Gasteiger partial charge in [-0.2, -0.15) is 26.3 Å². The summed E-state index contributed by atoms with van der Waals surface area (Å²) in [5.41, 5.74) is -3.64. The van der Waals surface area contributed by atoms with Gasteiger partial charge in [0.15, 0.2) is 0 Å². The van der Waals surface area contributed by atoms with Crippen molar-refractivity contribution in [2.45, 2.75) is 63.5 Å². The summed E-state index contributed by atoms with van der Waals surface area (Å²) in [6.07, 6.45) is -11.7. The van der Waals surface area contributed by atoms with E-state index in [0.29, 0.717) is 12.1 Å². The fraction of sp³-hybridized carbons (Fsp3) is 0.440. The summed E-state index contributed by atoms with van der Waals surface area (Å²) in [6.45, 7) is 4.79. The predicted octanol–water partition coefficient (Wildman–Crippen LogP) is 7.05. The van der Waals surface area contributed by atoms with Crippen molar-refractivity contribution in [2.24, 2.45) is 0 Å². The van der Waals surface area contributed by atoms with Gasteiger partial charge in [-0.25, -0.2) is 9.18 Å². The van der Waals surface area contributed by atoms with Gasteiger partial charge in [-0.1, -0.05) is 0 Å². The van der Waals surface area contributed by atoms with E-state index in [0.717, 1.165) is 19.2 Å². The van der Waals surface area contributed by atoms with Crippen molar-refractivity contribution in [1.29, 1.82) is 0 Å². The summed E-state index contributed by atoms with van der Waals surface area (Å²) in [5, 5.41) is 0. The van der Waals surface area contributed by atoms with Crippen LogP contribution in [0.25, 0.3) is 0 Å². The van der Waals surface area contributed by atoms with E-state index in [1.165, 1.54) is 11.0 Å². The molecule has 1 heterocycles. The van der Waals surface area contributed by atoms with E-state index >= 15 is 0 Å². The number of hydrogen-bond acceptors (Lipinski definition) is 4. The number of nitrogens with zero attached hydrogens (tertiary/aromatic N) is 1. The Morgan fingerprint density at radius 1 is 0.973 bits per heavy atom. The minimum atomic E-state index is -5.14. The van der Waals surface area contributed by atoms with E-state index in [9.17, 15) is 40.3 Å². The number of hydrogen-bond donors (Lipinski definition) is 0.